The van der Waals surface area contributed by atoms with Gasteiger partial charge < -0.3 is 11.1 Å². The van der Waals surface area contributed by atoms with Crippen LogP contribution in [-0.2, 0) is 4.79 Å². The average molecular weight is 242 g/mol. The fraction of sp³-hybridized carbons (Fsp3) is 0.917. The van der Waals surface area contributed by atoms with E-state index in [2.05, 4.69) is 5.32 Å². The van der Waals surface area contributed by atoms with Gasteiger partial charge in [0.05, 0.1) is 5.92 Å². The molecule has 0 aromatic rings. The molecule has 2 aliphatic rings. The fourth-order valence-corrected chi connectivity index (χ4v) is 3.74. The molecule has 4 heteroatoms. The zero-order chi connectivity index (χ0) is 11.4. The number of carbonyl (C=O) groups excluding carboxylic acids is 1. The zero-order valence-electron chi connectivity index (χ0n) is 9.78. The van der Waals surface area contributed by atoms with Crippen LogP contribution in [0.3, 0.4) is 0 Å². The van der Waals surface area contributed by atoms with Crippen molar-refractivity contribution >= 4 is 17.7 Å². The van der Waals surface area contributed by atoms with Gasteiger partial charge in [0.2, 0.25) is 5.91 Å². The van der Waals surface area contributed by atoms with E-state index in [4.69, 9.17) is 5.73 Å². The van der Waals surface area contributed by atoms with Gasteiger partial charge in [-0.1, -0.05) is 12.8 Å². The van der Waals surface area contributed by atoms with Crippen molar-refractivity contribution in [3.8, 4) is 0 Å². The second-order valence-corrected chi connectivity index (χ2v) is 6.17. The van der Waals surface area contributed by atoms with Crippen molar-refractivity contribution in [2.45, 2.75) is 50.6 Å². The van der Waals surface area contributed by atoms with Gasteiger partial charge >= 0.3 is 0 Å². The van der Waals surface area contributed by atoms with Crippen LogP contribution in [0.25, 0.3) is 0 Å². The lowest BCUT2D eigenvalue weighted by Crippen LogP contribution is -2.47. The molecule has 1 heterocycles. The van der Waals surface area contributed by atoms with E-state index in [0.717, 1.165) is 32.1 Å². The lowest BCUT2D eigenvalue weighted by Gasteiger charge is -2.30. The molecule has 2 rings (SSSR count). The molecule has 3 N–H and O–H groups in total. The van der Waals surface area contributed by atoms with Crippen molar-refractivity contribution in [2.24, 2.45) is 11.7 Å². The van der Waals surface area contributed by atoms with Crippen LogP contribution in [-0.4, -0.2) is 29.5 Å². The van der Waals surface area contributed by atoms with Crippen LogP contribution in [0.4, 0.5) is 0 Å². The molecule has 1 aliphatic heterocycles. The summed E-state index contributed by atoms with van der Waals surface area (Å²) in [5.74, 6) is 2.65. The monoisotopic (exact) mass is 242 g/mol. The first-order valence-electron chi connectivity index (χ1n) is 6.41. The summed E-state index contributed by atoms with van der Waals surface area (Å²) in [5.41, 5.74) is 6.02. The summed E-state index contributed by atoms with van der Waals surface area (Å²) >= 11 is 1.99. The molecule has 0 aromatic heterocycles. The van der Waals surface area contributed by atoms with E-state index in [1.165, 1.54) is 17.9 Å². The summed E-state index contributed by atoms with van der Waals surface area (Å²) in [6.07, 6.45) is 6.58. The normalized spacial score (nSPS) is 32.3. The lowest BCUT2D eigenvalue weighted by atomic mass is 9.84. The standard InChI is InChI=1S/C12H22N2OS/c13-11-4-2-1-3-10(11)12(15)14-9-5-7-16-8-6-9/h9-11H,1-8,13H2,(H,14,15). The Bertz CT molecular complexity index is 241. The van der Waals surface area contributed by atoms with Gasteiger partial charge in [-0.25, -0.2) is 0 Å². The van der Waals surface area contributed by atoms with E-state index in [-0.39, 0.29) is 17.9 Å². The zero-order valence-corrected chi connectivity index (χ0v) is 10.6. The maximum absolute atomic E-state index is 12.1. The van der Waals surface area contributed by atoms with Crippen molar-refractivity contribution in [1.29, 1.82) is 0 Å². The molecular formula is C12H22N2OS. The summed E-state index contributed by atoms with van der Waals surface area (Å²) < 4.78 is 0. The van der Waals surface area contributed by atoms with Gasteiger partial charge in [-0.05, 0) is 37.2 Å². The Morgan fingerprint density at radius 3 is 2.50 bits per heavy atom. The van der Waals surface area contributed by atoms with Crippen molar-refractivity contribution in [1.82, 2.24) is 5.32 Å². The minimum absolute atomic E-state index is 0.0725. The second kappa shape index (κ2) is 5.92. The molecular weight excluding hydrogens is 220 g/mol. The van der Waals surface area contributed by atoms with Crippen LogP contribution in [0, 0.1) is 5.92 Å². The average Bonchev–Trinajstić information content (AvgIpc) is 2.31. The van der Waals surface area contributed by atoms with Gasteiger partial charge in [-0.2, -0.15) is 11.8 Å². The minimum Gasteiger partial charge on any atom is -0.353 e. The fourth-order valence-electron chi connectivity index (χ4n) is 2.64. The highest BCUT2D eigenvalue weighted by atomic mass is 32.2. The Balaban J connectivity index is 1.81. The number of hydrogen-bond donors (Lipinski definition) is 2. The molecule has 0 spiro atoms. The SMILES string of the molecule is NC1CCCCC1C(=O)NC1CCSCC1. The smallest absolute Gasteiger partial charge is 0.224 e. The van der Waals surface area contributed by atoms with Gasteiger partial charge in [0.15, 0.2) is 0 Å². The first-order chi connectivity index (χ1) is 7.77. The molecule has 2 atom stereocenters. The van der Waals surface area contributed by atoms with E-state index < -0.39 is 0 Å². The second-order valence-electron chi connectivity index (χ2n) is 4.95. The number of hydrogen-bond acceptors (Lipinski definition) is 3. The Labute approximate surface area is 102 Å². The summed E-state index contributed by atoms with van der Waals surface area (Å²) in [6, 6.07) is 0.495. The number of nitrogens with one attached hydrogen (secondary N) is 1. The highest BCUT2D eigenvalue weighted by Crippen LogP contribution is 2.24. The van der Waals surface area contributed by atoms with Crippen molar-refractivity contribution in [3.05, 3.63) is 0 Å². The molecule has 1 aliphatic carbocycles. The molecule has 2 unspecified atom stereocenters. The number of carbonyl (C=O) groups is 1. The van der Waals surface area contributed by atoms with E-state index >= 15 is 0 Å². The minimum atomic E-state index is 0.0725. The maximum atomic E-state index is 12.1. The highest BCUT2D eigenvalue weighted by molar-refractivity contribution is 7.99. The first-order valence-corrected chi connectivity index (χ1v) is 7.56. The van der Waals surface area contributed by atoms with Crippen molar-refractivity contribution in [3.63, 3.8) is 0 Å². The Morgan fingerprint density at radius 1 is 1.12 bits per heavy atom. The van der Waals surface area contributed by atoms with Crippen molar-refractivity contribution < 1.29 is 4.79 Å². The third-order valence-corrected chi connectivity index (χ3v) is 4.77. The van der Waals surface area contributed by atoms with Crippen LogP contribution in [0.15, 0.2) is 0 Å². The quantitative estimate of drug-likeness (QED) is 0.772. The first kappa shape index (κ1) is 12.2. The summed E-state index contributed by atoms with van der Waals surface area (Å²) in [7, 11) is 0. The summed E-state index contributed by atoms with van der Waals surface area (Å²) in [4.78, 5) is 12.1. The largest absolute Gasteiger partial charge is 0.353 e. The third-order valence-electron chi connectivity index (χ3n) is 3.72. The van der Waals surface area contributed by atoms with E-state index in [1.54, 1.807) is 0 Å². The van der Waals surface area contributed by atoms with Crippen LogP contribution in [0.5, 0.6) is 0 Å². The van der Waals surface area contributed by atoms with Gasteiger partial charge in [0, 0.05) is 12.1 Å². The van der Waals surface area contributed by atoms with Crippen LogP contribution >= 0.6 is 11.8 Å². The molecule has 16 heavy (non-hydrogen) atoms. The van der Waals surface area contributed by atoms with Crippen LogP contribution < -0.4 is 11.1 Å². The van der Waals surface area contributed by atoms with Crippen molar-refractivity contribution in [2.75, 3.05) is 11.5 Å². The number of amides is 1. The molecule has 3 nitrogen and oxygen atoms in total. The lowest BCUT2D eigenvalue weighted by molar-refractivity contribution is -0.127. The molecule has 1 saturated carbocycles. The predicted octanol–water partition coefficient (Wildman–Crippen LogP) is 1.52. The molecule has 2 fully saturated rings. The number of nitrogens with two attached hydrogens (primary N) is 1. The van der Waals surface area contributed by atoms with Gasteiger partial charge in [0.25, 0.3) is 0 Å². The molecule has 92 valence electrons. The predicted molar refractivity (Wildman–Crippen MR) is 68.4 cm³/mol. The number of thioether (sulfide) groups is 1. The summed E-state index contributed by atoms with van der Waals surface area (Å²) in [6.45, 7) is 0. The van der Waals surface area contributed by atoms with Gasteiger partial charge in [-0.15, -0.1) is 0 Å². The van der Waals surface area contributed by atoms with Gasteiger partial charge in [0.1, 0.15) is 0 Å². The molecule has 0 bridgehead atoms. The highest BCUT2D eigenvalue weighted by Gasteiger charge is 2.29. The molecule has 1 saturated heterocycles. The van der Waals surface area contributed by atoms with E-state index in [9.17, 15) is 4.79 Å². The van der Waals surface area contributed by atoms with E-state index in [0.29, 0.717) is 6.04 Å². The van der Waals surface area contributed by atoms with Crippen LogP contribution in [0.1, 0.15) is 38.5 Å². The Morgan fingerprint density at radius 2 is 1.81 bits per heavy atom. The Kier molecular flexibility index (Phi) is 4.53. The third kappa shape index (κ3) is 3.14. The van der Waals surface area contributed by atoms with Crippen LogP contribution in [0.2, 0.25) is 0 Å². The number of rotatable bonds is 2. The maximum Gasteiger partial charge on any atom is 0.224 e. The van der Waals surface area contributed by atoms with E-state index in [1.807, 2.05) is 11.8 Å². The topological polar surface area (TPSA) is 55.1 Å². The Hall–Kier alpha value is -0.220. The molecule has 0 radical (unpaired) electrons. The molecule has 0 aromatic carbocycles. The summed E-state index contributed by atoms with van der Waals surface area (Å²) in [5, 5.41) is 3.19. The van der Waals surface area contributed by atoms with Gasteiger partial charge in [-0.3, -0.25) is 4.79 Å². The molecule has 1 amide bonds.